The molecule has 0 aliphatic carbocycles. The van der Waals surface area contributed by atoms with Crippen LogP contribution in [0.4, 0.5) is 11.4 Å². The first-order valence-corrected chi connectivity index (χ1v) is 12.2. The number of para-hydroxylation sites is 2. The van der Waals surface area contributed by atoms with Gasteiger partial charge in [0, 0.05) is 0 Å². The zero-order chi connectivity index (χ0) is 20.6. The molecule has 0 bridgehead atoms. The summed E-state index contributed by atoms with van der Waals surface area (Å²) in [5.41, 5.74) is 0.346. The third-order valence-electron chi connectivity index (χ3n) is 3.91. The molecule has 2 aromatic carbocycles. The first kappa shape index (κ1) is 21.9. The highest BCUT2D eigenvalue weighted by Crippen LogP contribution is 2.24. The summed E-state index contributed by atoms with van der Waals surface area (Å²) in [5.74, 6) is -1.39. The lowest BCUT2D eigenvalue weighted by molar-refractivity contribution is -0.113. The smallest absolute Gasteiger partial charge is 0.261 e. The van der Waals surface area contributed by atoms with E-state index in [1.165, 1.54) is 24.3 Å². The van der Waals surface area contributed by atoms with E-state index in [1.54, 1.807) is 30.3 Å². The molecular formula is C19H24N2O5S2. The molecule has 2 aromatic rings. The number of hydrogen-bond acceptors (Lipinski definition) is 5. The molecule has 2 rings (SSSR count). The van der Waals surface area contributed by atoms with Crippen LogP contribution >= 0.6 is 0 Å². The summed E-state index contributed by atoms with van der Waals surface area (Å²) in [6.45, 7) is 1.97. The molecule has 0 radical (unpaired) electrons. The standard InChI is InChI=1S/C19H24N2O5S2/c1-2-3-9-14-27(23,24)15-19(22)20-17-12-7-8-13-18(17)21-28(25,26)16-10-5-4-6-11-16/h4-8,10-13,21H,2-3,9,14-15H2,1H3,(H,20,22). The first-order valence-electron chi connectivity index (χ1n) is 8.91. The van der Waals surface area contributed by atoms with Crippen molar-refractivity contribution in [2.75, 3.05) is 21.5 Å². The summed E-state index contributed by atoms with van der Waals surface area (Å²) in [4.78, 5) is 12.3. The fraction of sp³-hybridized carbons (Fsp3) is 0.316. The largest absolute Gasteiger partial charge is 0.323 e. The molecule has 0 spiro atoms. The number of unbranched alkanes of at least 4 members (excludes halogenated alkanes) is 2. The van der Waals surface area contributed by atoms with Gasteiger partial charge in [0.2, 0.25) is 5.91 Å². The van der Waals surface area contributed by atoms with E-state index in [9.17, 15) is 21.6 Å². The van der Waals surface area contributed by atoms with Gasteiger partial charge in [-0.25, -0.2) is 16.8 Å². The van der Waals surface area contributed by atoms with Crippen molar-refractivity contribution in [3.8, 4) is 0 Å². The third kappa shape index (κ3) is 6.65. The molecule has 28 heavy (non-hydrogen) atoms. The molecule has 0 atom stereocenters. The number of rotatable bonds is 10. The highest BCUT2D eigenvalue weighted by Gasteiger charge is 2.19. The highest BCUT2D eigenvalue weighted by atomic mass is 32.2. The number of carbonyl (C=O) groups excluding carboxylic acids is 1. The second-order valence-electron chi connectivity index (χ2n) is 6.31. The minimum absolute atomic E-state index is 0.0451. The quantitative estimate of drug-likeness (QED) is 0.570. The molecule has 0 saturated heterocycles. The molecule has 0 fully saturated rings. The maximum absolute atomic E-state index is 12.5. The number of sulfonamides is 1. The molecule has 2 N–H and O–H groups in total. The minimum Gasteiger partial charge on any atom is -0.323 e. The maximum Gasteiger partial charge on any atom is 0.261 e. The Morgan fingerprint density at radius 1 is 0.857 bits per heavy atom. The van der Waals surface area contributed by atoms with Crippen LogP contribution in [0.15, 0.2) is 59.5 Å². The Morgan fingerprint density at radius 2 is 1.46 bits per heavy atom. The van der Waals surface area contributed by atoms with Crippen LogP contribution in [0.2, 0.25) is 0 Å². The lowest BCUT2D eigenvalue weighted by atomic mass is 10.3. The Kier molecular flexibility index (Phi) is 7.59. The minimum atomic E-state index is -3.84. The normalized spacial score (nSPS) is 11.8. The van der Waals surface area contributed by atoms with Gasteiger partial charge in [-0.15, -0.1) is 0 Å². The second-order valence-corrected chi connectivity index (χ2v) is 10.2. The average Bonchev–Trinajstić information content (AvgIpc) is 2.63. The summed E-state index contributed by atoms with van der Waals surface area (Å²) in [5, 5.41) is 2.49. The van der Waals surface area contributed by atoms with E-state index in [4.69, 9.17) is 0 Å². The Hall–Kier alpha value is -2.39. The van der Waals surface area contributed by atoms with Gasteiger partial charge in [0.1, 0.15) is 5.75 Å². The topological polar surface area (TPSA) is 109 Å². The zero-order valence-corrected chi connectivity index (χ0v) is 17.2. The summed E-state index contributed by atoms with van der Waals surface area (Å²) >= 11 is 0. The van der Waals surface area contributed by atoms with Crippen LogP contribution in [-0.4, -0.2) is 34.2 Å². The van der Waals surface area contributed by atoms with Crippen molar-refractivity contribution < 1.29 is 21.6 Å². The molecule has 0 heterocycles. The molecule has 0 aromatic heterocycles. The summed E-state index contributed by atoms with van der Waals surface area (Å²) in [6.07, 6.45) is 2.18. The van der Waals surface area contributed by atoms with Crippen LogP contribution < -0.4 is 10.0 Å². The van der Waals surface area contributed by atoms with Gasteiger partial charge in [-0.1, -0.05) is 50.1 Å². The van der Waals surface area contributed by atoms with Crippen LogP contribution in [-0.2, 0) is 24.7 Å². The van der Waals surface area contributed by atoms with Crippen molar-refractivity contribution >= 4 is 37.1 Å². The first-order chi connectivity index (χ1) is 13.2. The fourth-order valence-electron chi connectivity index (χ4n) is 2.51. The van der Waals surface area contributed by atoms with Gasteiger partial charge in [-0.05, 0) is 30.7 Å². The van der Waals surface area contributed by atoms with Crippen molar-refractivity contribution in [3.05, 3.63) is 54.6 Å². The molecule has 0 aliphatic heterocycles. The summed E-state index contributed by atoms with van der Waals surface area (Å²) in [6, 6.07) is 14.0. The maximum atomic E-state index is 12.5. The fourth-order valence-corrected chi connectivity index (χ4v) is 4.88. The number of carbonyl (C=O) groups is 1. The molecule has 9 heteroatoms. The lowest BCUT2D eigenvalue weighted by Crippen LogP contribution is -2.25. The van der Waals surface area contributed by atoms with Gasteiger partial charge in [0.25, 0.3) is 10.0 Å². The molecule has 152 valence electrons. The van der Waals surface area contributed by atoms with E-state index < -0.39 is 31.5 Å². The van der Waals surface area contributed by atoms with Gasteiger partial charge in [0.05, 0.1) is 22.0 Å². The predicted octanol–water partition coefficient (Wildman–Crippen LogP) is 3.03. The SMILES string of the molecule is CCCCCS(=O)(=O)CC(=O)Nc1ccccc1NS(=O)(=O)c1ccccc1. The zero-order valence-electron chi connectivity index (χ0n) is 15.6. The predicted molar refractivity (Wildman–Crippen MR) is 111 cm³/mol. The van der Waals surface area contributed by atoms with Gasteiger partial charge in [-0.3, -0.25) is 9.52 Å². The number of amides is 1. The molecule has 0 aliphatic rings. The van der Waals surface area contributed by atoms with Crippen molar-refractivity contribution in [2.45, 2.75) is 31.1 Å². The monoisotopic (exact) mass is 424 g/mol. The van der Waals surface area contributed by atoms with E-state index in [2.05, 4.69) is 10.0 Å². The van der Waals surface area contributed by atoms with Crippen molar-refractivity contribution in [1.29, 1.82) is 0 Å². The van der Waals surface area contributed by atoms with Gasteiger partial charge < -0.3 is 5.32 Å². The van der Waals surface area contributed by atoms with Crippen LogP contribution in [0.1, 0.15) is 26.2 Å². The number of nitrogens with one attached hydrogen (secondary N) is 2. The summed E-state index contributed by atoms with van der Waals surface area (Å²) in [7, 11) is -7.36. The molecule has 0 saturated carbocycles. The van der Waals surface area contributed by atoms with E-state index in [-0.39, 0.29) is 22.0 Å². The van der Waals surface area contributed by atoms with E-state index in [0.29, 0.717) is 6.42 Å². The highest BCUT2D eigenvalue weighted by molar-refractivity contribution is 7.92. The number of anilines is 2. The van der Waals surface area contributed by atoms with Gasteiger partial charge in [-0.2, -0.15) is 0 Å². The van der Waals surface area contributed by atoms with Crippen LogP contribution in [0, 0.1) is 0 Å². The lowest BCUT2D eigenvalue weighted by Gasteiger charge is -2.13. The third-order valence-corrected chi connectivity index (χ3v) is 6.90. The summed E-state index contributed by atoms with van der Waals surface area (Å²) < 4.78 is 51.5. The van der Waals surface area contributed by atoms with Gasteiger partial charge >= 0.3 is 0 Å². The Balaban J connectivity index is 2.11. The van der Waals surface area contributed by atoms with E-state index >= 15 is 0 Å². The molecule has 0 unspecified atom stereocenters. The van der Waals surface area contributed by atoms with Crippen LogP contribution in [0.3, 0.4) is 0 Å². The van der Waals surface area contributed by atoms with Crippen molar-refractivity contribution in [3.63, 3.8) is 0 Å². The number of sulfone groups is 1. The van der Waals surface area contributed by atoms with Crippen LogP contribution in [0.5, 0.6) is 0 Å². The number of hydrogen-bond donors (Lipinski definition) is 2. The average molecular weight is 425 g/mol. The number of benzene rings is 2. The Morgan fingerprint density at radius 3 is 2.11 bits per heavy atom. The molecule has 7 nitrogen and oxygen atoms in total. The van der Waals surface area contributed by atoms with Crippen molar-refractivity contribution in [1.82, 2.24) is 0 Å². The second kappa shape index (κ2) is 9.70. The van der Waals surface area contributed by atoms with Crippen LogP contribution in [0.25, 0.3) is 0 Å². The Bertz CT molecular complexity index is 1000. The van der Waals surface area contributed by atoms with Gasteiger partial charge in [0.15, 0.2) is 9.84 Å². The van der Waals surface area contributed by atoms with Crippen molar-refractivity contribution in [2.24, 2.45) is 0 Å². The molecular weight excluding hydrogens is 400 g/mol. The van der Waals surface area contributed by atoms with E-state index in [0.717, 1.165) is 12.8 Å². The Labute approximate surface area is 166 Å². The molecule has 1 amide bonds. The van der Waals surface area contributed by atoms with E-state index in [1.807, 2.05) is 6.92 Å².